The Hall–Kier alpha value is -1.60. The third kappa shape index (κ3) is 2.96. The summed E-state index contributed by atoms with van der Waals surface area (Å²) in [5.41, 5.74) is 1.36. The van der Waals surface area contributed by atoms with Gasteiger partial charge in [-0.1, -0.05) is 19.1 Å². The smallest absolute Gasteiger partial charge is 0.408 e. The zero-order chi connectivity index (χ0) is 15.7. The maximum atomic E-state index is 11.9. The van der Waals surface area contributed by atoms with Crippen LogP contribution >= 0.6 is 0 Å². The normalized spacial score (nSPS) is 20.9. The second-order valence-corrected chi connectivity index (χ2v) is 7.90. The van der Waals surface area contributed by atoms with Gasteiger partial charge in [0.2, 0.25) is 0 Å². The van der Waals surface area contributed by atoms with Crippen LogP contribution in [-0.2, 0) is 16.4 Å². The van der Waals surface area contributed by atoms with Crippen molar-refractivity contribution in [2.24, 2.45) is 0 Å². The van der Waals surface area contributed by atoms with Crippen molar-refractivity contribution in [1.82, 2.24) is 9.47 Å². The summed E-state index contributed by atoms with van der Waals surface area (Å²) >= 11 is 0. The van der Waals surface area contributed by atoms with E-state index in [0.29, 0.717) is 25.1 Å². The van der Waals surface area contributed by atoms with Gasteiger partial charge in [-0.05, 0) is 25.1 Å². The first-order valence-electron chi connectivity index (χ1n) is 7.53. The summed E-state index contributed by atoms with van der Waals surface area (Å²) < 4.78 is 30.1. The monoisotopic (exact) mass is 324 g/mol. The van der Waals surface area contributed by atoms with E-state index in [-0.39, 0.29) is 23.3 Å². The van der Waals surface area contributed by atoms with Crippen molar-refractivity contribution in [3.63, 3.8) is 0 Å². The lowest BCUT2D eigenvalue weighted by Gasteiger charge is -2.26. The SMILES string of the molecule is CCN(CCn1c(=O)oc2ccccc21)C1CCS(=O)(=O)C1. The van der Waals surface area contributed by atoms with Crippen LogP contribution in [0.5, 0.6) is 0 Å². The van der Waals surface area contributed by atoms with Gasteiger partial charge in [0.05, 0.1) is 17.0 Å². The van der Waals surface area contributed by atoms with Crippen molar-refractivity contribution < 1.29 is 12.8 Å². The van der Waals surface area contributed by atoms with Crippen molar-refractivity contribution in [3.8, 4) is 0 Å². The summed E-state index contributed by atoms with van der Waals surface area (Å²) in [5.74, 6) is 0.126. The average Bonchev–Trinajstić information content (AvgIpc) is 2.99. The van der Waals surface area contributed by atoms with Crippen molar-refractivity contribution in [3.05, 3.63) is 34.8 Å². The lowest BCUT2D eigenvalue weighted by atomic mass is 10.2. The van der Waals surface area contributed by atoms with E-state index in [2.05, 4.69) is 4.90 Å². The van der Waals surface area contributed by atoms with E-state index in [4.69, 9.17) is 4.42 Å². The Balaban J connectivity index is 1.75. The van der Waals surface area contributed by atoms with Crippen molar-refractivity contribution >= 4 is 20.9 Å². The highest BCUT2D eigenvalue weighted by Crippen LogP contribution is 2.18. The molecule has 1 unspecified atom stereocenters. The molecule has 1 atom stereocenters. The van der Waals surface area contributed by atoms with Crippen LogP contribution in [0, 0.1) is 0 Å². The van der Waals surface area contributed by atoms with Gasteiger partial charge in [0, 0.05) is 19.1 Å². The molecule has 1 aromatic heterocycles. The van der Waals surface area contributed by atoms with Gasteiger partial charge in [-0.25, -0.2) is 13.2 Å². The first-order chi connectivity index (χ1) is 10.5. The van der Waals surface area contributed by atoms with E-state index in [1.165, 1.54) is 0 Å². The first-order valence-corrected chi connectivity index (χ1v) is 9.35. The molecule has 0 radical (unpaired) electrons. The lowest BCUT2D eigenvalue weighted by molar-refractivity contribution is 0.214. The summed E-state index contributed by atoms with van der Waals surface area (Å²) in [5, 5.41) is 0. The molecule has 0 bridgehead atoms. The highest BCUT2D eigenvalue weighted by Gasteiger charge is 2.31. The van der Waals surface area contributed by atoms with Crippen LogP contribution < -0.4 is 5.76 Å². The summed E-state index contributed by atoms with van der Waals surface area (Å²) in [4.78, 5) is 14.1. The highest BCUT2D eigenvalue weighted by molar-refractivity contribution is 7.91. The number of likely N-dealkylation sites (N-methyl/N-ethyl adjacent to an activating group) is 1. The maximum Gasteiger partial charge on any atom is 0.419 e. The third-order valence-electron chi connectivity index (χ3n) is 4.32. The van der Waals surface area contributed by atoms with Gasteiger partial charge in [-0.15, -0.1) is 0 Å². The second-order valence-electron chi connectivity index (χ2n) is 5.67. The fourth-order valence-corrected chi connectivity index (χ4v) is 4.88. The van der Waals surface area contributed by atoms with E-state index < -0.39 is 9.84 Å². The third-order valence-corrected chi connectivity index (χ3v) is 6.07. The molecule has 0 amide bonds. The van der Waals surface area contributed by atoms with E-state index in [9.17, 15) is 13.2 Å². The van der Waals surface area contributed by atoms with Gasteiger partial charge >= 0.3 is 5.76 Å². The standard InChI is InChI=1S/C15H20N2O4S/c1-2-16(12-7-10-22(19,20)11-12)8-9-17-13-5-3-4-6-14(13)21-15(17)18/h3-6,12H,2,7-11H2,1H3. The number of para-hydroxylation sites is 2. The van der Waals surface area contributed by atoms with Crippen LogP contribution in [0.3, 0.4) is 0 Å². The van der Waals surface area contributed by atoms with Crippen LogP contribution in [0.15, 0.2) is 33.5 Å². The molecule has 1 aliphatic heterocycles. The predicted octanol–water partition coefficient (Wildman–Crippen LogP) is 1.10. The molecule has 0 N–H and O–H groups in total. The Labute approximate surface area is 129 Å². The molecule has 1 aliphatic rings. The molecule has 2 heterocycles. The molecule has 1 saturated heterocycles. The molecule has 2 aromatic rings. The molecule has 3 rings (SSSR count). The quantitative estimate of drug-likeness (QED) is 0.823. The Morgan fingerprint density at radius 3 is 2.82 bits per heavy atom. The number of nitrogens with zero attached hydrogens (tertiary/aromatic N) is 2. The molecular formula is C15H20N2O4S. The average molecular weight is 324 g/mol. The maximum absolute atomic E-state index is 11.9. The molecule has 0 spiro atoms. The molecule has 7 heteroatoms. The zero-order valence-electron chi connectivity index (χ0n) is 12.6. The van der Waals surface area contributed by atoms with Crippen LogP contribution in [0.4, 0.5) is 0 Å². The Kier molecular flexibility index (Phi) is 4.10. The number of fused-ring (bicyclic) bond motifs is 1. The van der Waals surface area contributed by atoms with Crippen LogP contribution in [0.1, 0.15) is 13.3 Å². The van der Waals surface area contributed by atoms with Gasteiger partial charge in [0.25, 0.3) is 0 Å². The van der Waals surface area contributed by atoms with Crippen molar-refractivity contribution in [2.75, 3.05) is 24.6 Å². The number of sulfone groups is 1. The van der Waals surface area contributed by atoms with E-state index in [1.54, 1.807) is 10.6 Å². The molecule has 120 valence electrons. The molecule has 0 saturated carbocycles. The fourth-order valence-electron chi connectivity index (χ4n) is 3.12. The minimum atomic E-state index is -2.89. The molecular weight excluding hydrogens is 304 g/mol. The Morgan fingerprint density at radius 2 is 2.14 bits per heavy atom. The molecule has 0 aliphatic carbocycles. The Morgan fingerprint density at radius 1 is 1.36 bits per heavy atom. The van der Waals surface area contributed by atoms with E-state index in [0.717, 1.165) is 12.1 Å². The number of hydrogen-bond acceptors (Lipinski definition) is 5. The van der Waals surface area contributed by atoms with Crippen molar-refractivity contribution in [1.29, 1.82) is 0 Å². The largest absolute Gasteiger partial charge is 0.419 e. The summed E-state index contributed by atoms with van der Waals surface area (Å²) in [6, 6.07) is 7.39. The summed E-state index contributed by atoms with van der Waals surface area (Å²) in [6.07, 6.45) is 0.678. The van der Waals surface area contributed by atoms with Crippen LogP contribution in [0.2, 0.25) is 0 Å². The summed E-state index contributed by atoms with van der Waals surface area (Å²) in [6.45, 7) is 3.92. The Bertz CT molecular complexity index is 821. The minimum Gasteiger partial charge on any atom is -0.408 e. The molecule has 1 aromatic carbocycles. The molecule has 6 nitrogen and oxygen atoms in total. The van der Waals surface area contributed by atoms with Gasteiger partial charge in [-0.2, -0.15) is 0 Å². The fraction of sp³-hybridized carbons (Fsp3) is 0.533. The minimum absolute atomic E-state index is 0.0591. The van der Waals surface area contributed by atoms with Crippen LogP contribution in [-0.4, -0.2) is 48.5 Å². The number of benzene rings is 1. The second kappa shape index (κ2) is 5.89. The predicted molar refractivity (Wildman–Crippen MR) is 84.8 cm³/mol. The highest BCUT2D eigenvalue weighted by atomic mass is 32.2. The van der Waals surface area contributed by atoms with Gasteiger partial charge in [0.15, 0.2) is 15.4 Å². The number of hydrogen-bond donors (Lipinski definition) is 0. The number of oxazole rings is 1. The van der Waals surface area contributed by atoms with Gasteiger partial charge < -0.3 is 4.42 Å². The summed E-state index contributed by atoms with van der Waals surface area (Å²) in [7, 11) is -2.89. The van der Waals surface area contributed by atoms with Gasteiger partial charge in [0.1, 0.15) is 0 Å². The molecule has 1 fully saturated rings. The van der Waals surface area contributed by atoms with E-state index in [1.807, 2.05) is 25.1 Å². The number of rotatable bonds is 5. The van der Waals surface area contributed by atoms with Gasteiger partial charge in [-0.3, -0.25) is 9.47 Å². The topological polar surface area (TPSA) is 72.5 Å². The molecule has 22 heavy (non-hydrogen) atoms. The zero-order valence-corrected chi connectivity index (χ0v) is 13.4. The van der Waals surface area contributed by atoms with E-state index >= 15 is 0 Å². The lowest BCUT2D eigenvalue weighted by Crippen LogP contribution is -2.39. The first kappa shape index (κ1) is 15.3. The number of aromatic nitrogens is 1. The van der Waals surface area contributed by atoms with Crippen molar-refractivity contribution in [2.45, 2.75) is 25.9 Å². The van der Waals surface area contributed by atoms with Crippen LogP contribution in [0.25, 0.3) is 11.1 Å².